The number of aromatic hydroxyl groups is 2. The number of imide groups is 1. The molecule has 5 atom stereocenters. The fourth-order valence-corrected chi connectivity index (χ4v) is 8.46. The molecule has 55 heavy (non-hydrogen) atoms. The molecule has 8 rings (SSSR count). The molecule has 2 aliphatic rings. The third-order valence-electron chi connectivity index (χ3n) is 11.5. The van der Waals surface area contributed by atoms with Crippen molar-refractivity contribution in [2.75, 3.05) is 6.61 Å². The molecule has 1 saturated heterocycles. The molecule has 0 saturated carbocycles. The highest BCUT2D eigenvalue weighted by molar-refractivity contribution is 6.74. The van der Waals surface area contributed by atoms with Crippen LogP contribution in [0.2, 0.25) is 18.1 Å². The Morgan fingerprint density at radius 3 is 2.27 bits per heavy atom. The van der Waals surface area contributed by atoms with Gasteiger partial charge in [0.2, 0.25) is 0 Å². The van der Waals surface area contributed by atoms with Crippen LogP contribution in [0.5, 0.6) is 11.5 Å². The number of nitrogens with zero attached hydrogens (tertiary/aromatic N) is 3. The lowest BCUT2D eigenvalue weighted by Gasteiger charge is -2.41. The maximum absolute atomic E-state index is 14.7. The molecule has 3 aromatic carbocycles. The smallest absolute Gasteiger partial charge is 0.276 e. The largest absolute Gasteiger partial charge is 0.508 e. The number of rotatable bonds is 8. The first-order valence-corrected chi connectivity index (χ1v) is 20.9. The van der Waals surface area contributed by atoms with E-state index >= 15 is 0 Å². The van der Waals surface area contributed by atoms with Gasteiger partial charge in [0.25, 0.3) is 11.8 Å². The maximum atomic E-state index is 14.7. The van der Waals surface area contributed by atoms with E-state index in [1.54, 1.807) is 24.5 Å². The number of hydrogen-bond donors (Lipinski definition) is 8. The second-order valence-corrected chi connectivity index (χ2v) is 20.7. The summed E-state index contributed by atoms with van der Waals surface area (Å²) < 4.78 is 14.0. The van der Waals surface area contributed by atoms with Crippen molar-refractivity contribution >= 4 is 63.7 Å². The number of phenolic OH excluding ortho intramolecular Hbond substituents is 2. The Kier molecular flexibility index (Phi) is 8.82. The topological polar surface area (TPSA) is 223 Å². The molecule has 0 aliphatic carbocycles. The predicted octanol–water partition coefficient (Wildman–Crippen LogP) is 4.03. The Labute approximate surface area is 315 Å². The van der Waals surface area contributed by atoms with Gasteiger partial charge in [-0.3, -0.25) is 14.6 Å². The van der Waals surface area contributed by atoms with Gasteiger partial charge in [-0.2, -0.15) is 0 Å². The monoisotopic (exact) mass is 769 g/mol. The number of carbonyl (C=O) groups is 2. The zero-order valence-corrected chi connectivity index (χ0v) is 31.9. The second-order valence-electron chi connectivity index (χ2n) is 15.8. The maximum Gasteiger partial charge on any atom is 0.276 e. The van der Waals surface area contributed by atoms with Crippen molar-refractivity contribution in [3.05, 3.63) is 77.1 Å². The number of nitrogens with one attached hydrogen (secondary N) is 2. The summed E-state index contributed by atoms with van der Waals surface area (Å²) in [5, 5.41) is 66.6. The summed E-state index contributed by atoms with van der Waals surface area (Å²) in [6, 6.07) is 10.8. The molecule has 1 fully saturated rings. The Morgan fingerprint density at radius 1 is 0.909 bits per heavy atom. The highest BCUT2D eigenvalue weighted by atomic mass is 28.4. The van der Waals surface area contributed by atoms with E-state index in [2.05, 4.69) is 49.3 Å². The van der Waals surface area contributed by atoms with Crippen molar-refractivity contribution < 1.29 is 49.4 Å². The first-order chi connectivity index (χ1) is 26.0. The average molecular weight is 770 g/mol. The molecule has 2 aliphatic heterocycles. The normalized spacial score (nSPS) is 22.2. The van der Waals surface area contributed by atoms with Crippen LogP contribution < -0.4 is 5.43 Å². The third kappa shape index (κ3) is 5.71. The number of benzene rings is 3. The van der Waals surface area contributed by atoms with Crippen molar-refractivity contribution in [1.82, 2.24) is 25.0 Å². The van der Waals surface area contributed by atoms with Crippen LogP contribution >= 0.6 is 0 Å². The SMILES string of the molecule is CC(C)(C)[Si](C)(C)OCc1ccncc1CNN1C(=O)c2c(c3c4ccc(O)cc4n([C@@H]4O[C@H](CO)[C@@H](O)[C@H](O)[C@H]4O)c3c3[nH]c4cc(O)ccc4c23)C1=O. The first-order valence-electron chi connectivity index (χ1n) is 18.0. The van der Waals surface area contributed by atoms with Crippen molar-refractivity contribution in [2.45, 2.75) is 82.7 Å². The van der Waals surface area contributed by atoms with Crippen LogP contribution in [0.25, 0.3) is 43.6 Å². The van der Waals surface area contributed by atoms with Gasteiger partial charge < -0.3 is 49.4 Å². The molecule has 15 nitrogen and oxygen atoms in total. The number of aromatic amines is 1. The Balaban J connectivity index is 1.31. The minimum Gasteiger partial charge on any atom is -0.508 e. The third-order valence-corrected chi connectivity index (χ3v) is 16.0. The number of carbonyl (C=O) groups excluding carboxylic acids is 2. The van der Waals surface area contributed by atoms with Crippen molar-refractivity contribution in [3.8, 4) is 11.5 Å². The molecule has 3 aromatic heterocycles. The van der Waals surface area contributed by atoms with Crippen molar-refractivity contribution in [3.63, 3.8) is 0 Å². The molecule has 6 aromatic rings. The molecule has 0 bridgehead atoms. The van der Waals surface area contributed by atoms with Crippen LogP contribution in [0.1, 0.15) is 58.8 Å². The van der Waals surface area contributed by atoms with Crippen LogP contribution in [-0.2, 0) is 22.3 Å². The Hall–Kier alpha value is -4.91. The zero-order chi connectivity index (χ0) is 39.3. The molecule has 8 N–H and O–H groups in total. The Morgan fingerprint density at radius 2 is 1.58 bits per heavy atom. The number of H-pyrrole nitrogens is 1. The highest BCUT2D eigenvalue weighted by Gasteiger charge is 2.47. The highest BCUT2D eigenvalue weighted by Crippen LogP contribution is 2.48. The molecule has 2 amide bonds. The fourth-order valence-electron chi connectivity index (χ4n) is 7.51. The summed E-state index contributed by atoms with van der Waals surface area (Å²) in [7, 11) is -2.11. The summed E-state index contributed by atoms with van der Waals surface area (Å²) in [4.78, 5) is 36.9. The van der Waals surface area contributed by atoms with Gasteiger partial charge in [-0.15, -0.1) is 0 Å². The summed E-state index contributed by atoms with van der Waals surface area (Å²) in [5.41, 5.74) is 6.07. The average Bonchev–Trinajstić information content (AvgIpc) is 3.75. The van der Waals surface area contributed by atoms with E-state index in [1.165, 1.54) is 28.8 Å². The van der Waals surface area contributed by atoms with E-state index < -0.39 is 57.4 Å². The fraction of sp³-hybridized carbons (Fsp3) is 0.359. The lowest BCUT2D eigenvalue weighted by atomic mass is 9.96. The Bertz CT molecular complexity index is 2540. The van der Waals surface area contributed by atoms with Gasteiger partial charge in [0.15, 0.2) is 14.5 Å². The summed E-state index contributed by atoms with van der Waals surface area (Å²) in [5.74, 6) is -1.51. The molecular formula is C39H43N5O10Si. The predicted molar refractivity (Wildman–Crippen MR) is 205 cm³/mol. The number of aliphatic hydroxyl groups is 4. The lowest BCUT2D eigenvalue weighted by Crippen LogP contribution is -2.56. The summed E-state index contributed by atoms with van der Waals surface area (Å²) >= 11 is 0. The van der Waals surface area contributed by atoms with Gasteiger partial charge in [0, 0.05) is 52.6 Å². The molecule has 0 unspecified atom stereocenters. The molecule has 0 radical (unpaired) electrons. The van der Waals surface area contributed by atoms with Crippen LogP contribution in [0.4, 0.5) is 0 Å². The van der Waals surface area contributed by atoms with Crippen LogP contribution in [-0.4, -0.2) is 101 Å². The number of hydrazine groups is 1. The zero-order valence-electron chi connectivity index (χ0n) is 30.9. The lowest BCUT2D eigenvalue weighted by molar-refractivity contribution is -0.249. The van der Waals surface area contributed by atoms with Gasteiger partial charge in [0.05, 0.1) is 46.4 Å². The van der Waals surface area contributed by atoms with E-state index in [0.717, 1.165) is 16.1 Å². The quantitative estimate of drug-likeness (QED) is 0.0812. The number of phenols is 2. The summed E-state index contributed by atoms with van der Waals surface area (Å²) in [6.07, 6.45) is -4.50. The molecule has 5 heterocycles. The van der Waals surface area contributed by atoms with Crippen LogP contribution in [0.15, 0.2) is 54.9 Å². The van der Waals surface area contributed by atoms with E-state index in [4.69, 9.17) is 9.16 Å². The van der Waals surface area contributed by atoms with Crippen LogP contribution in [0, 0.1) is 0 Å². The molecule has 0 spiro atoms. The van der Waals surface area contributed by atoms with Crippen molar-refractivity contribution in [1.29, 1.82) is 0 Å². The number of hydrogen-bond acceptors (Lipinski definition) is 12. The summed E-state index contributed by atoms with van der Waals surface area (Å²) in [6.45, 7) is 10.5. The van der Waals surface area contributed by atoms with Crippen molar-refractivity contribution in [2.24, 2.45) is 0 Å². The van der Waals surface area contributed by atoms with E-state index in [9.17, 15) is 40.2 Å². The number of aliphatic hydroxyl groups excluding tert-OH is 4. The number of ether oxygens (including phenoxy) is 1. The van der Waals surface area contributed by atoms with Gasteiger partial charge in [0.1, 0.15) is 35.9 Å². The first kappa shape index (κ1) is 37.0. The molecular weight excluding hydrogens is 727 g/mol. The van der Waals surface area contributed by atoms with Gasteiger partial charge in [-0.05, 0) is 59.6 Å². The number of pyridine rings is 1. The van der Waals surface area contributed by atoms with E-state index in [0.29, 0.717) is 33.8 Å². The van der Waals surface area contributed by atoms with Gasteiger partial charge in [-0.1, -0.05) is 20.8 Å². The van der Waals surface area contributed by atoms with E-state index in [1.807, 2.05) is 6.07 Å². The van der Waals surface area contributed by atoms with Gasteiger partial charge >= 0.3 is 0 Å². The number of fused-ring (bicyclic) bond motifs is 10. The van der Waals surface area contributed by atoms with Gasteiger partial charge in [-0.25, -0.2) is 10.4 Å². The number of aromatic nitrogens is 3. The van der Waals surface area contributed by atoms with E-state index in [-0.39, 0.29) is 50.6 Å². The molecule has 16 heteroatoms. The molecule has 288 valence electrons. The number of amides is 2. The standard InChI is InChI=1S/C39H43N5O10Si/c1-39(2,3)55(4,5)53-17-18-10-11-40-14-19(18)15-41-44-36(51)29-27-22-8-6-20(46)12-24(22)42-31(27)32-28(30(29)37(44)52)23-9-7-21(47)13-25(23)43(32)38-35(50)34(49)33(48)26(16-45)54-38/h6-14,26,33-35,38,41-42,45-50H,15-17H2,1-5H3/t26-,33-,34+,35-,38-/m1/s1. The van der Waals surface area contributed by atoms with Crippen LogP contribution in [0.3, 0.4) is 0 Å². The second kappa shape index (κ2) is 13.1. The minimum absolute atomic E-state index is 0.0128. The minimum atomic E-state index is -2.11.